The first-order valence-electron chi connectivity index (χ1n) is 6.85. The molecule has 0 amide bonds. The van der Waals surface area contributed by atoms with E-state index in [4.69, 9.17) is 5.11 Å². The number of aliphatic hydroxyl groups is 1. The Bertz CT molecular complexity index is 637. The van der Waals surface area contributed by atoms with Gasteiger partial charge < -0.3 is 10.2 Å². The molecular formula is C16H20N2O3. The van der Waals surface area contributed by atoms with E-state index in [9.17, 15) is 9.90 Å². The van der Waals surface area contributed by atoms with Crippen LogP contribution in [-0.4, -0.2) is 31.6 Å². The molecule has 1 aromatic carbocycles. The van der Waals surface area contributed by atoms with Gasteiger partial charge >= 0.3 is 5.97 Å². The molecular weight excluding hydrogens is 268 g/mol. The highest BCUT2D eigenvalue weighted by atomic mass is 16.4. The Balaban J connectivity index is 2.17. The number of carboxylic acid groups (broad SMARTS) is 1. The summed E-state index contributed by atoms with van der Waals surface area (Å²) in [5.74, 6) is -1.03. The van der Waals surface area contributed by atoms with Crippen molar-refractivity contribution in [1.29, 1.82) is 0 Å². The third kappa shape index (κ3) is 3.92. The van der Waals surface area contributed by atoms with Crippen LogP contribution >= 0.6 is 0 Å². The van der Waals surface area contributed by atoms with Gasteiger partial charge in [-0.15, -0.1) is 0 Å². The Morgan fingerprint density at radius 3 is 2.38 bits per heavy atom. The molecule has 0 radical (unpaired) electrons. The average Bonchev–Trinajstić information content (AvgIpc) is 2.78. The monoisotopic (exact) mass is 288 g/mol. The van der Waals surface area contributed by atoms with Crippen molar-refractivity contribution >= 4 is 5.97 Å². The molecule has 0 aliphatic carbocycles. The van der Waals surface area contributed by atoms with Gasteiger partial charge in [0.15, 0.2) is 5.69 Å². The van der Waals surface area contributed by atoms with Crippen LogP contribution in [0.3, 0.4) is 0 Å². The summed E-state index contributed by atoms with van der Waals surface area (Å²) in [6.07, 6.45) is 1.50. The van der Waals surface area contributed by atoms with Gasteiger partial charge in [-0.3, -0.25) is 4.68 Å². The molecule has 0 aliphatic rings. The first kappa shape index (κ1) is 15.3. The second-order valence-corrected chi connectivity index (χ2v) is 5.85. The van der Waals surface area contributed by atoms with Crippen LogP contribution in [0.25, 0.3) is 11.3 Å². The van der Waals surface area contributed by atoms with Crippen LogP contribution in [0.5, 0.6) is 0 Å². The van der Waals surface area contributed by atoms with Crippen LogP contribution in [0.4, 0.5) is 0 Å². The maximum atomic E-state index is 10.9. The minimum Gasteiger partial charge on any atom is -0.476 e. The Hall–Kier alpha value is -2.14. The highest BCUT2D eigenvalue weighted by Crippen LogP contribution is 2.22. The topological polar surface area (TPSA) is 75.4 Å². The molecule has 0 saturated heterocycles. The lowest BCUT2D eigenvalue weighted by Gasteiger charge is -2.16. The number of carboxylic acids is 1. The molecule has 2 rings (SSSR count). The first-order valence-corrected chi connectivity index (χ1v) is 6.85. The summed E-state index contributed by atoms with van der Waals surface area (Å²) < 4.78 is 1.56. The number of carbonyl (C=O) groups is 1. The molecule has 5 nitrogen and oxygen atoms in total. The Labute approximate surface area is 123 Å². The van der Waals surface area contributed by atoms with Gasteiger partial charge in [0.1, 0.15) is 0 Å². The van der Waals surface area contributed by atoms with E-state index >= 15 is 0 Å². The van der Waals surface area contributed by atoms with E-state index in [0.29, 0.717) is 6.42 Å². The summed E-state index contributed by atoms with van der Waals surface area (Å²) in [7, 11) is 1.73. The Kier molecular flexibility index (Phi) is 4.14. The number of aromatic nitrogens is 2. The predicted octanol–water partition coefficient (Wildman–Crippen LogP) is 2.49. The fourth-order valence-corrected chi connectivity index (χ4v) is 2.13. The van der Waals surface area contributed by atoms with Crippen molar-refractivity contribution in [3.63, 3.8) is 0 Å². The number of rotatable bonds is 5. The van der Waals surface area contributed by atoms with E-state index < -0.39 is 11.6 Å². The smallest absolute Gasteiger partial charge is 0.356 e. The minimum absolute atomic E-state index is 0.0404. The van der Waals surface area contributed by atoms with Crippen LogP contribution < -0.4 is 0 Å². The molecule has 0 spiro atoms. The SMILES string of the molecule is Cn1nc(C(=O)O)cc1-c1ccc(CCC(C)(C)O)cc1. The van der Waals surface area contributed by atoms with Crippen molar-refractivity contribution in [3.8, 4) is 11.3 Å². The van der Waals surface area contributed by atoms with Gasteiger partial charge in [-0.1, -0.05) is 24.3 Å². The molecule has 1 heterocycles. The second-order valence-electron chi connectivity index (χ2n) is 5.85. The summed E-state index contributed by atoms with van der Waals surface area (Å²) >= 11 is 0. The van der Waals surface area contributed by atoms with Gasteiger partial charge in [0.25, 0.3) is 0 Å². The normalized spacial score (nSPS) is 11.6. The van der Waals surface area contributed by atoms with Crippen LogP contribution in [-0.2, 0) is 13.5 Å². The van der Waals surface area contributed by atoms with E-state index in [1.807, 2.05) is 24.3 Å². The minimum atomic E-state index is -1.03. The highest BCUT2D eigenvalue weighted by molar-refractivity contribution is 5.87. The Morgan fingerprint density at radius 1 is 1.29 bits per heavy atom. The number of aryl methyl sites for hydroxylation is 2. The molecule has 0 saturated carbocycles. The van der Waals surface area contributed by atoms with Gasteiger partial charge in [0.2, 0.25) is 0 Å². The lowest BCUT2D eigenvalue weighted by atomic mass is 9.98. The van der Waals surface area contributed by atoms with Crippen LogP contribution in [0, 0.1) is 0 Å². The van der Waals surface area contributed by atoms with Gasteiger partial charge in [-0.2, -0.15) is 5.10 Å². The van der Waals surface area contributed by atoms with Gasteiger partial charge in [-0.25, -0.2) is 4.79 Å². The summed E-state index contributed by atoms with van der Waals surface area (Å²) in [6, 6.07) is 9.45. The lowest BCUT2D eigenvalue weighted by molar-refractivity contribution is 0.0687. The van der Waals surface area contributed by atoms with Crippen LogP contribution in [0.2, 0.25) is 0 Å². The molecule has 2 N–H and O–H groups in total. The average molecular weight is 288 g/mol. The summed E-state index contributed by atoms with van der Waals surface area (Å²) in [4.78, 5) is 10.9. The third-order valence-electron chi connectivity index (χ3n) is 3.37. The zero-order chi connectivity index (χ0) is 15.6. The zero-order valence-electron chi connectivity index (χ0n) is 12.5. The second kappa shape index (κ2) is 5.69. The molecule has 1 aromatic heterocycles. The molecule has 5 heteroatoms. The molecule has 0 atom stereocenters. The van der Waals surface area contributed by atoms with Gasteiger partial charge in [0.05, 0.1) is 11.3 Å². The quantitative estimate of drug-likeness (QED) is 0.886. The van der Waals surface area contributed by atoms with Crippen LogP contribution in [0.1, 0.15) is 36.3 Å². The third-order valence-corrected chi connectivity index (χ3v) is 3.37. The fraction of sp³-hybridized carbons (Fsp3) is 0.375. The molecule has 0 aliphatic heterocycles. The van der Waals surface area contributed by atoms with Crippen molar-refractivity contribution in [2.24, 2.45) is 7.05 Å². The summed E-state index contributed by atoms with van der Waals surface area (Å²) in [5, 5.41) is 22.7. The number of nitrogens with zero attached hydrogens (tertiary/aromatic N) is 2. The van der Waals surface area contributed by atoms with Crippen LogP contribution in [0.15, 0.2) is 30.3 Å². The molecule has 0 fully saturated rings. The molecule has 112 valence electrons. The first-order chi connectivity index (χ1) is 9.76. The van der Waals surface area contributed by atoms with Crippen molar-refractivity contribution in [2.45, 2.75) is 32.3 Å². The Morgan fingerprint density at radius 2 is 1.90 bits per heavy atom. The maximum Gasteiger partial charge on any atom is 0.356 e. The number of benzene rings is 1. The van der Waals surface area contributed by atoms with E-state index in [0.717, 1.165) is 23.2 Å². The largest absolute Gasteiger partial charge is 0.476 e. The summed E-state index contributed by atoms with van der Waals surface area (Å²) in [6.45, 7) is 3.59. The zero-order valence-corrected chi connectivity index (χ0v) is 12.5. The van der Waals surface area contributed by atoms with Crippen molar-refractivity contribution in [2.75, 3.05) is 0 Å². The van der Waals surface area contributed by atoms with E-state index in [1.54, 1.807) is 31.6 Å². The molecule has 2 aromatic rings. The fourth-order valence-electron chi connectivity index (χ4n) is 2.13. The molecule has 0 bridgehead atoms. The number of hydrogen-bond donors (Lipinski definition) is 2. The van der Waals surface area contributed by atoms with Crippen molar-refractivity contribution < 1.29 is 15.0 Å². The van der Waals surface area contributed by atoms with Crippen molar-refractivity contribution in [1.82, 2.24) is 9.78 Å². The number of aromatic carboxylic acids is 1. The lowest BCUT2D eigenvalue weighted by Crippen LogP contribution is -2.19. The maximum absolute atomic E-state index is 10.9. The predicted molar refractivity (Wildman–Crippen MR) is 80.2 cm³/mol. The number of hydrogen-bond acceptors (Lipinski definition) is 3. The van der Waals surface area contributed by atoms with E-state index in [1.165, 1.54) is 0 Å². The summed E-state index contributed by atoms with van der Waals surface area (Å²) in [5.41, 5.74) is 2.20. The van der Waals surface area contributed by atoms with E-state index in [-0.39, 0.29) is 5.69 Å². The highest BCUT2D eigenvalue weighted by Gasteiger charge is 2.14. The molecule has 21 heavy (non-hydrogen) atoms. The van der Waals surface area contributed by atoms with Gasteiger partial charge in [0, 0.05) is 7.05 Å². The standard InChI is InChI=1S/C16H20N2O3/c1-16(2,21)9-8-11-4-6-12(7-5-11)14-10-13(15(19)20)17-18(14)3/h4-7,10,21H,8-9H2,1-3H3,(H,19,20). The molecule has 0 unspecified atom stereocenters. The van der Waals surface area contributed by atoms with Gasteiger partial charge in [-0.05, 0) is 43.9 Å². The van der Waals surface area contributed by atoms with Crippen molar-refractivity contribution in [3.05, 3.63) is 41.6 Å². The van der Waals surface area contributed by atoms with E-state index in [2.05, 4.69) is 5.10 Å².